The van der Waals surface area contributed by atoms with Crippen LogP contribution in [-0.4, -0.2) is 49.6 Å². The third-order valence-corrected chi connectivity index (χ3v) is 5.49. The Morgan fingerprint density at radius 1 is 1.35 bits per heavy atom. The molecule has 4 nitrogen and oxygen atoms in total. The van der Waals surface area contributed by atoms with Crippen molar-refractivity contribution < 1.29 is 17.9 Å². The van der Waals surface area contributed by atoms with E-state index in [-0.39, 0.29) is 12.6 Å². The summed E-state index contributed by atoms with van der Waals surface area (Å²) in [5.41, 5.74) is 0.482. The van der Waals surface area contributed by atoms with E-state index in [1.807, 2.05) is 0 Å². The van der Waals surface area contributed by atoms with Crippen molar-refractivity contribution in [3.05, 3.63) is 35.6 Å². The van der Waals surface area contributed by atoms with Crippen molar-refractivity contribution in [3.63, 3.8) is 0 Å². The van der Waals surface area contributed by atoms with Crippen LogP contribution in [0.4, 0.5) is 4.39 Å². The highest BCUT2D eigenvalue weighted by Gasteiger charge is 2.26. The third-order valence-electron chi connectivity index (χ3n) is 3.74. The summed E-state index contributed by atoms with van der Waals surface area (Å²) in [5, 5.41) is 9.56. The zero-order valence-electron chi connectivity index (χ0n) is 12.2. The molecule has 3 atom stereocenters. The van der Waals surface area contributed by atoms with Crippen LogP contribution in [0.15, 0.2) is 24.3 Å². The summed E-state index contributed by atoms with van der Waals surface area (Å²) in [5.74, 6) is -0.401. The molecule has 0 amide bonds. The monoisotopic (exact) mass is 303 g/mol. The van der Waals surface area contributed by atoms with Crippen LogP contribution >= 0.6 is 0 Å². The van der Waals surface area contributed by atoms with E-state index in [1.54, 1.807) is 31.9 Å². The zero-order chi connectivity index (χ0) is 15.5. The molecule has 0 unspecified atom stereocenters. The van der Waals surface area contributed by atoms with Gasteiger partial charge >= 0.3 is 0 Å². The molecule has 0 aliphatic carbocycles. The van der Waals surface area contributed by atoms with Gasteiger partial charge in [-0.15, -0.1) is 0 Å². The molecular weight excluding hydrogens is 281 g/mol. The number of rotatable bonds is 6. The van der Waals surface area contributed by atoms with Crippen molar-refractivity contribution in [2.75, 3.05) is 19.8 Å². The average molecular weight is 303 g/mol. The molecule has 0 bridgehead atoms. The molecule has 1 aromatic carbocycles. The predicted octanol–water partition coefficient (Wildman–Crippen LogP) is 1.61. The summed E-state index contributed by atoms with van der Waals surface area (Å²) in [4.78, 5) is 1.77. The number of nitrogens with zero attached hydrogens (tertiary/aromatic N) is 1. The zero-order valence-corrected chi connectivity index (χ0v) is 13.1. The number of sulfone groups is 1. The van der Waals surface area contributed by atoms with Gasteiger partial charge in [-0.1, -0.05) is 12.1 Å². The lowest BCUT2D eigenvalue weighted by Gasteiger charge is -2.30. The highest BCUT2D eigenvalue weighted by Crippen LogP contribution is 2.18. The molecule has 0 spiro atoms. The molecule has 114 valence electrons. The van der Waals surface area contributed by atoms with Crippen LogP contribution in [0.3, 0.4) is 0 Å². The van der Waals surface area contributed by atoms with Crippen molar-refractivity contribution in [2.45, 2.75) is 31.2 Å². The smallest absolute Gasteiger partial charge is 0.151 e. The van der Waals surface area contributed by atoms with Gasteiger partial charge in [-0.25, -0.2) is 12.8 Å². The molecule has 0 heterocycles. The van der Waals surface area contributed by atoms with Gasteiger partial charge in [0, 0.05) is 18.8 Å². The highest BCUT2D eigenvalue weighted by molar-refractivity contribution is 7.91. The lowest BCUT2D eigenvalue weighted by Crippen LogP contribution is -2.43. The third kappa shape index (κ3) is 4.54. The molecular formula is C14H22FNO3S. The second-order valence-corrected chi connectivity index (χ2v) is 7.69. The second-order valence-electron chi connectivity index (χ2n) is 5.29. The minimum atomic E-state index is -3.14. The number of hydrogen-bond donors (Lipinski definition) is 1. The van der Waals surface area contributed by atoms with Gasteiger partial charge < -0.3 is 5.11 Å². The first-order chi connectivity index (χ1) is 9.12. The van der Waals surface area contributed by atoms with Crippen molar-refractivity contribution >= 4 is 9.84 Å². The highest BCUT2D eigenvalue weighted by atomic mass is 32.2. The molecule has 0 aliphatic rings. The Kier molecular flexibility index (Phi) is 5.68. The van der Waals surface area contributed by atoms with Crippen molar-refractivity contribution in [1.29, 1.82) is 0 Å². The van der Waals surface area contributed by atoms with Crippen LogP contribution in [0.1, 0.15) is 25.5 Å². The van der Waals surface area contributed by atoms with Crippen molar-refractivity contribution in [3.8, 4) is 0 Å². The number of hydrogen-bond acceptors (Lipinski definition) is 4. The standard InChI is InChI=1S/C14H22FNO3S/c1-10(11(2)20(4,18)19)16(3)9-14(17)12-6-5-7-13(15)8-12/h5-8,10-11,14,17H,9H2,1-4H3/t10-,11+,14+/m1/s1. The SMILES string of the molecule is C[C@H]([C@H](C)S(C)(=O)=O)N(C)C[C@H](O)c1cccc(F)c1. The molecule has 0 aliphatic heterocycles. The largest absolute Gasteiger partial charge is 0.387 e. The van der Waals surface area contributed by atoms with E-state index in [1.165, 1.54) is 24.5 Å². The molecule has 1 N–H and O–H groups in total. The second kappa shape index (κ2) is 6.65. The van der Waals surface area contributed by atoms with Gasteiger partial charge in [0.25, 0.3) is 0 Å². The van der Waals surface area contributed by atoms with Crippen LogP contribution in [0, 0.1) is 5.82 Å². The van der Waals surface area contributed by atoms with E-state index in [4.69, 9.17) is 0 Å². The first-order valence-corrected chi connectivity index (χ1v) is 8.41. The van der Waals surface area contributed by atoms with Gasteiger partial charge in [-0.05, 0) is 38.6 Å². The van der Waals surface area contributed by atoms with Gasteiger partial charge in [0.05, 0.1) is 11.4 Å². The van der Waals surface area contributed by atoms with Crippen LogP contribution in [0.25, 0.3) is 0 Å². The number of aliphatic hydroxyl groups excluding tert-OH is 1. The topological polar surface area (TPSA) is 57.6 Å². The van der Waals surface area contributed by atoms with Crippen LogP contribution < -0.4 is 0 Å². The van der Waals surface area contributed by atoms with Crippen LogP contribution in [0.2, 0.25) is 0 Å². The van der Waals surface area contributed by atoms with Gasteiger partial charge in [0.15, 0.2) is 9.84 Å². The first-order valence-electron chi connectivity index (χ1n) is 6.45. The molecule has 0 radical (unpaired) electrons. The minimum Gasteiger partial charge on any atom is -0.387 e. The summed E-state index contributed by atoms with van der Waals surface area (Å²) in [6, 6.07) is 5.54. The Morgan fingerprint density at radius 2 is 1.95 bits per heavy atom. The Hall–Kier alpha value is -0.980. The lowest BCUT2D eigenvalue weighted by molar-refractivity contribution is 0.108. The van der Waals surface area contributed by atoms with E-state index in [9.17, 15) is 17.9 Å². The fourth-order valence-electron chi connectivity index (χ4n) is 1.97. The van der Waals surface area contributed by atoms with Crippen LogP contribution in [-0.2, 0) is 9.84 Å². The van der Waals surface area contributed by atoms with Gasteiger partial charge in [-0.3, -0.25) is 4.90 Å². The summed E-state index contributed by atoms with van der Waals surface area (Å²) < 4.78 is 36.2. The number of halogens is 1. The molecule has 20 heavy (non-hydrogen) atoms. The Morgan fingerprint density at radius 3 is 2.45 bits per heavy atom. The van der Waals surface area contributed by atoms with Gasteiger partial charge in [0.2, 0.25) is 0 Å². The predicted molar refractivity (Wildman–Crippen MR) is 77.8 cm³/mol. The van der Waals surface area contributed by atoms with E-state index < -0.39 is 27.0 Å². The minimum absolute atomic E-state index is 0.241. The Labute approximate surface area is 120 Å². The molecule has 0 saturated heterocycles. The average Bonchev–Trinajstić information content (AvgIpc) is 2.35. The summed E-state index contributed by atoms with van der Waals surface area (Å²) in [6.45, 7) is 3.68. The maximum atomic E-state index is 13.1. The molecule has 1 aromatic rings. The van der Waals surface area contributed by atoms with Crippen molar-refractivity contribution in [1.82, 2.24) is 4.90 Å². The van der Waals surface area contributed by atoms with Crippen molar-refractivity contribution in [2.24, 2.45) is 0 Å². The van der Waals surface area contributed by atoms with E-state index in [0.29, 0.717) is 5.56 Å². The first kappa shape index (κ1) is 17.1. The number of benzene rings is 1. The summed E-state index contributed by atoms with van der Waals surface area (Å²) >= 11 is 0. The normalized spacial score (nSPS) is 16.9. The van der Waals surface area contributed by atoms with E-state index in [0.717, 1.165) is 0 Å². The van der Waals surface area contributed by atoms with Crippen LogP contribution in [0.5, 0.6) is 0 Å². The summed E-state index contributed by atoms with van der Waals surface area (Å²) in [6.07, 6.45) is 0.343. The Bertz CT molecular complexity index is 547. The fourth-order valence-corrected chi connectivity index (χ4v) is 2.90. The molecule has 0 aromatic heterocycles. The van der Waals surface area contributed by atoms with Gasteiger partial charge in [-0.2, -0.15) is 0 Å². The Balaban J connectivity index is 2.73. The molecule has 0 saturated carbocycles. The summed E-state index contributed by atoms with van der Waals surface area (Å²) in [7, 11) is -1.39. The molecule has 6 heteroatoms. The lowest BCUT2D eigenvalue weighted by atomic mass is 10.1. The van der Waals surface area contributed by atoms with E-state index in [2.05, 4.69) is 0 Å². The molecule has 0 fully saturated rings. The maximum Gasteiger partial charge on any atom is 0.151 e. The van der Waals surface area contributed by atoms with E-state index >= 15 is 0 Å². The molecule has 1 rings (SSSR count). The fraction of sp³-hybridized carbons (Fsp3) is 0.571. The number of likely N-dealkylation sites (N-methyl/N-ethyl adjacent to an activating group) is 1. The van der Waals surface area contributed by atoms with Gasteiger partial charge in [0.1, 0.15) is 5.82 Å². The maximum absolute atomic E-state index is 13.1. The quantitative estimate of drug-likeness (QED) is 0.867. The number of aliphatic hydroxyl groups is 1.